The molecule has 7 nitrogen and oxygen atoms in total. The number of imide groups is 1. The lowest BCUT2D eigenvalue weighted by Gasteiger charge is -2.26. The van der Waals surface area contributed by atoms with E-state index in [-0.39, 0.29) is 57.6 Å². The summed E-state index contributed by atoms with van der Waals surface area (Å²) in [6, 6.07) is 12.8. The predicted molar refractivity (Wildman–Crippen MR) is 130 cm³/mol. The molecule has 9 heteroatoms. The first-order valence-corrected chi connectivity index (χ1v) is 12.4. The van der Waals surface area contributed by atoms with Crippen LogP contribution in [0.1, 0.15) is 24.8 Å². The minimum atomic E-state index is -1.13. The van der Waals surface area contributed by atoms with Crippen molar-refractivity contribution in [3.63, 3.8) is 0 Å². The maximum atomic E-state index is 13.4. The van der Waals surface area contributed by atoms with Gasteiger partial charge in [-0.05, 0) is 48.8 Å². The highest BCUT2D eigenvalue weighted by Crippen LogP contribution is 2.56. The van der Waals surface area contributed by atoms with Gasteiger partial charge in [0.05, 0.1) is 27.6 Å². The topological polar surface area (TPSA) is 92.8 Å². The fourth-order valence-corrected chi connectivity index (χ4v) is 6.22. The summed E-state index contributed by atoms with van der Waals surface area (Å²) < 4.78 is 5.31. The first kappa shape index (κ1) is 23.8. The Labute approximate surface area is 212 Å². The highest BCUT2D eigenvalue weighted by Gasteiger charge is 2.62. The first-order valence-electron chi connectivity index (χ1n) is 11.7. The number of carbonyl (C=O) groups is 4. The number of rotatable bonds is 7. The van der Waals surface area contributed by atoms with Crippen LogP contribution >= 0.6 is 23.2 Å². The summed E-state index contributed by atoms with van der Waals surface area (Å²) in [5.74, 6) is -2.28. The summed E-state index contributed by atoms with van der Waals surface area (Å²) in [5, 5.41) is 3.00. The van der Waals surface area contributed by atoms with Crippen molar-refractivity contribution in [2.45, 2.75) is 31.7 Å². The number of esters is 1. The van der Waals surface area contributed by atoms with Crippen molar-refractivity contribution in [1.82, 2.24) is 4.90 Å². The Kier molecular flexibility index (Phi) is 6.55. The molecule has 182 valence electrons. The molecule has 3 amide bonds. The van der Waals surface area contributed by atoms with Crippen LogP contribution in [-0.4, -0.2) is 41.2 Å². The minimum Gasteiger partial charge on any atom is -0.454 e. The Hall–Kier alpha value is -2.90. The number of hydrogen-bond donors (Lipinski definition) is 1. The van der Waals surface area contributed by atoms with Crippen LogP contribution in [0.25, 0.3) is 0 Å². The van der Waals surface area contributed by atoms with E-state index in [0.717, 1.165) is 29.7 Å². The lowest BCUT2D eigenvalue weighted by molar-refractivity contribution is -0.160. The van der Waals surface area contributed by atoms with Gasteiger partial charge in [0.2, 0.25) is 11.8 Å². The van der Waals surface area contributed by atoms with Gasteiger partial charge in [-0.15, -0.1) is 0 Å². The number of nitrogens with zero attached hydrogens (tertiary/aromatic N) is 1. The van der Waals surface area contributed by atoms with Gasteiger partial charge in [0, 0.05) is 6.42 Å². The number of carbonyl (C=O) groups excluding carboxylic acids is 4. The quantitative estimate of drug-likeness (QED) is 0.443. The lowest BCUT2D eigenvalue weighted by atomic mass is 9.81. The molecule has 2 aromatic rings. The van der Waals surface area contributed by atoms with Crippen LogP contribution in [0.2, 0.25) is 10.0 Å². The molecule has 1 N–H and O–H groups in total. The average Bonchev–Trinajstić information content (AvgIpc) is 3.53. The fraction of sp³-hybridized carbons (Fsp3) is 0.385. The first-order chi connectivity index (χ1) is 16.8. The van der Waals surface area contributed by atoms with Gasteiger partial charge in [0.1, 0.15) is 6.04 Å². The average molecular weight is 515 g/mol. The minimum absolute atomic E-state index is 0.119. The molecule has 3 aliphatic rings. The van der Waals surface area contributed by atoms with Crippen LogP contribution in [0, 0.1) is 23.7 Å². The molecule has 2 saturated carbocycles. The van der Waals surface area contributed by atoms with Gasteiger partial charge >= 0.3 is 5.97 Å². The van der Waals surface area contributed by atoms with E-state index >= 15 is 0 Å². The lowest BCUT2D eigenvalue weighted by Crippen LogP contribution is -2.48. The van der Waals surface area contributed by atoms with Gasteiger partial charge in [0.15, 0.2) is 6.61 Å². The third kappa shape index (κ3) is 4.43. The number of fused-ring (bicyclic) bond motifs is 5. The molecule has 1 saturated heterocycles. The molecule has 2 aromatic carbocycles. The number of nitrogens with one attached hydrogen (secondary N) is 1. The smallest absolute Gasteiger partial charge is 0.330 e. The molecule has 0 radical (unpaired) electrons. The fourth-order valence-electron chi connectivity index (χ4n) is 5.88. The normalized spacial score (nSPS) is 25.5. The second-order valence-corrected chi connectivity index (χ2v) is 10.2. The van der Waals surface area contributed by atoms with E-state index < -0.39 is 24.5 Å². The Morgan fingerprint density at radius 1 is 0.971 bits per heavy atom. The van der Waals surface area contributed by atoms with Crippen LogP contribution in [0.5, 0.6) is 0 Å². The second-order valence-electron chi connectivity index (χ2n) is 9.39. The monoisotopic (exact) mass is 514 g/mol. The maximum absolute atomic E-state index is 13.4. The number of ether oxygens (including phenoxy) is 1. The molecule has 3 fully saturated rings. The van der Waals surface area contributed by atoms with Crippen molar-refractivity contribution >= 4 is 52.6 Å². The zero-order valence-corrected chi connectivity index (χ0v) is 20.3. The molecule has 2 aliphatic carbocycles. The summed E-state index contributed by atoms with van der Waals surface area (Å²) in [5.41, 5.74) is 1.07. The summed E-state index contributed by atoms with van der Waals surface area (Å²) in [4.78, 5) is 53.5. The van der Waals surface area contributed by atoms with Crippen LogP contribution < -0.4 is 5.32 Å². The molecular weight excluding hydrogens is 491 g/mol. The highest BCUT2D eigenvalue weighted by molar-refractivity contribution is 6.44. The Morgan fingerprint density at radius 2 is 1.63 bits per heavy atom. The Morgan fingerprint density at radius 3 is 2.29 bits per heavy atom. The Balaban J connectivity index is 1.32. The standard InChI is InChI=1S/C26H24Cl2N2O5/c27-17-7-4-8-18(23(17)28)29-20(31)13-35-26(34)19(11-14-5-2-1-3-6-14)30-24(32)21-15-9-10-16(12-15)22(21)25(30)33/h1-8,15-16,19,21-22H,9-13H2,(H,29,31)/t15-,16-,19-,21-,22-/m0/s1. The largest absolute Gasteiger partial charge is 0.454 e. The number of anilines is 1. The SMILES string of the molecule is O=C(COC(=O)[C@H](Cc1ccccc1)N1C(=O)[C@H]2[C@H]3CC[C@@H](C3)[C@@H]2C1=O)Nc1cccc(Cl)c1Cl. The van der Waals surface area contributed by atoms with E-state index in [1.165, 1.54) is 0 Å². The van der Waals surface area contributed by atoms with Gasteiger partial charge in [-0.25, -0.2) is 4.79 Å². The van der Waals surface area contributed by atoms with Gasteiger partial charge in [0.25, 0.3) is 5.91 Å². The van der Waals surface area contributed by atoms with Crippen molar-refractivity contribution in [3.05, 3.63) is 64.1 Å². The van der Waals surface area contributed by atoms with Crippen LogP contribution in [0.4, 0.5) is 5.69 Å². The van der Waals surface area contributed by atoms with Gasteiger partial charge < -0.3 is 10.1 Å². The van der Waals surface area contributed by atoms with Crippen LogP contribution in [-0.2, 0) is 30.3 Å². The van der Waals surface area contributed by atoms with Gasteiger partial charge in [-0.2, -0.15) is 0 Å². The van der Waals surface area contributed by atoms with E-state index in [2.05, 4.69) is 5.32 Å². The van der Waals surface area contributed by atoms with E-state index in [1.807, 2.05) is 30.3 Å². The predicted octanol–water partition coefficient (Wildman–Crippen LogP) is 4.12. The molecule has 5 rings (SSSR count). The summed E-state index contributed by atoms with van der Waals surface area (Å²) in [6.45, 7) is -0.596. The third-order valence-electron chi connectivity index (χ3n) is 7.39. The van der Waals surface area contributed by atoms with E-state index in [4.69, 9.17) is 27.9 Å². The van der Waals surface area contributed by atoms with E-state index in [0.29, 0.717) is 0 Å². The Bertz CT molecular complexity index is 1160. The molecule has 5 atom stereocenters. The number of likely N-dealkylation sites (tertiary alicyclic amines) is 1. The van der Waals surface area contributed by atoms with E-state index in [1.54, 1.807) is 18.2 Å². The summed E-state index contributed by atoms with van der Waals surface area (Å²) >= 11 is 12.1. The van der Waals surface area contributed by atoms with Gasteiger partial charge in [-0.3, -0.25) is 19.3 Å². The molecule has 35 heavy (non-hydrogen) atoms. The van der Waals surface area contributed by atoms with Crippen molar-refractivity contribution in [2.24, 2.45) is 23.7 Å². The van der Waals surface area contributed by atoms with Crippen molar-refractivity contribution in [2.75, 3.05) is 11.9 Å². The van der Waals surface area contributed by atoms with Crippen LogP contribution in [0.15, 0.2) is 48.5 Å². The molecular formula is C26H24Cl2N2O5. The summed E-state index contributed by atoms with van der Waals surface area (Å²) in [6.07, 6.45) is 2.91. The molecule has 0 unspecified atom stereocenters. The zero-order chi connectivity index (χ0) is 24.7. The number of benzene rings is 2. The van der Waals surface area contributed by atoms with Crippen molar-refractivity contribution in [3.8, 4) is 0 Å². The maximum Gasteiger partial charge on any atom is 0.330 e. The number of amides is 3. The third-order valence-corrected chi connectivity index (χ3v) is 8.21. The van der Waals surface area contributed by atoms with Crippen molar-refractivity contribution in [1.29, 1.82) is 0 Å². The molecule has 1 heterocycles. The molecule has 0 spiro atoms. The zero-order valence-electron chi connectivity index (χ0n) is 18.8. The number of halogens is 2. The van der Waals surface area contributed by atoms with E-state index in [9.17, 15) is 19.2 Å². The molecule has 2 bridgehead atoms. The van der Waals surface area contributed by atoms with Gasteiger partial charge in [-0.1, -0.05) is 59.6 Å². The summed E-state index contributed by atoms with van der Waals surface area (Å²) in [7, 11) is 0. The molecule has 0 aromatic heterocycles. The second kappa shape index (κ2) is 9.63. The highest BCUT2D eigenvalue weighted by atomic mass is 35.5. The number of hydrogen-bond acceptors (Lipinski definition) is 5. The van der Waals surface area contributed by atoms with Crippen molar-refractivity contribution < 1.29 is 23.9 Å². The molecule has 1 aliphatic heterocycles. The van der Waals surface area contributed by atoms with Crippen LogP contribution in [0.3, 0.4) is 0 Å².